The van der Waals surface area contributed by atoms with Gasteiger partial charge in [-0.05, 0) is 13.0 Å². The molecular weight excluding hydrogens is 214 g/mol. The van der Waals surface area contributed by atoms with Gasteiger partial charge in [0.25, 0.3) is 0 Å². The number of nitrogens with zero attached hydrogens (tertiary/aromatic N) is 2. The number of aromatic nitrogens is 2. The summed E-state index contributed by atoms with van der Waals surface area (Å²) in [6.45, 7) is 2.37. The Balaban J connectivity index is 2.85. The molecule has 0 unspecified atom stereocenters. The van der Waals surface area contributed by atoms with Gasteiger partial charge < -0.3 is 5.73 Å². The van der Waals surface area contributed by atoms with Gasteiger partial charge in [-0.1, -0.05) is 18.5 Å². The first-order valence-corrected chi connectivity index (χ1v) is 5.40. The fraction of sp³-hybridized carbons (Fsp3) is 0.600. The van der Waals surface area contributed by atoms with Crippen molar-refractivity contribution in [3.63, 3.8) is 0 Å². The summed E-state index contributed by atoms with van der Waals surface area (Å²) in [5, 5.41) is 4.86. The summed E-state index contributed by atoms with van der Waals surface area (Å²) in [6, 6.07) is 0. The van der Waals surface area contributed by atoms with Crippen LogP contribution in [0.4, 0.5) is 0 Å². The Labute approximate surface area is 94.4 Å². The van der Waals surface area contributed by atoms with Crippen LogP contribution in [0.2, 0.25) is 5.02 Å². The van der Waals surface area contributed by atoms with Crippen LogP contribution < -0.4 is 5.73 Å². The lowest BCUT2D eigenvalue weighted by atomic mass is 10.1. The van der Waals surface area contributed by atoms with Crippen molar-refractivity contribution in [2.75, 3.05) is 6.54 Å². The van der Waals surface area contributed by atoms with E-state index in [1.165, 1.54) is 0 Å². The molecule has 0 saturated carbocycles. The molecule has 1 rings (SSSR count). The molecule has 0 amide bonds. The molecule has 0 radical (unpaired) electrons. The Bertz CT molecular complexity index is 360. The van der Waals surface area contributed by atoms with E-state index >= 15 is 0 Å². The van der Waals surface area contributed by atoms with Crippen LogP contribution in [0.3, 0.4) is 0 Å². The molecule has 84 valence electrons. The quantitative estimate of drug-likeness (QED) is 0.823. The molecule has 0 spiro atoms. The van der Waals surface area contributed by atoms with E-state index in [1.807, 2.05) is 6.92 Å². The molecule has 0 fully saturated rings. The lowest BCUT2D eigenvalue weighted by molar-refractivity contribution is -0.118. The predicted molar refractivity (Wildman–Crippen MR) is 60.0 cm³/mol. The number of carbonyl (C=O) groups is 1. The number of aryl methyl sites for hydroxylation is 2. The zero-order chi connectivity index (χ0) is 11.4. The fourth-order valence-corrected chi connectivity index (χ4v) is 1.81. The lowest BCUT2D eigenvalue weighted by Gasteiger charge is -2.01. The number of Topliss-reactive ketones (excluding diaryl/α,β-unsaturated/α-hetero) is 1. The molecule has 0 aliphatic rings. The Hall–Kier alpha value is -0.870. The summed E-state index contributed by atoms with van der Waals surface area (Å²) in [7, 11) is 1.80. The number of rotatable bonds is 5. The molecule has 0 aliphatic heterocycles. The Morgan fingerprint density at radius 1 is 1.60 bits per heavy atom. The van der Waals surface area contributed by atoms with Crippen molar-refractivity contribution in [1.29, 1.82) is 0 Å². The SMILES string of the molecule is CCc1nn(C)c(CC(=O)CCN)c1Cl. The van der Waals surface area contributed by atoms with Crippen LogP contribution in [0.5, 0.6) is 0 Å². The maximum atomic E-state index is 11.4. The van der Waals surface area contributed by atoms with Crippen molar-refractivity contribution in [1.82, 2.24) is 9.78 Å². The molecule has 2 N–H and O–H groups in total. The van der Waals surface area contributed by atoms with Crippen molar-refractivity contribution >= 4 is 17.4 Å². The van der Waals surface area contributed by atoms with Gasteiger partial charge in [-0.2, -0.15) is 5.10 Å². The highest BCUT2D eigenvalue weighted by Gasteiger charge is 2.15. The van der Waals surface area contributed by atoms with E-state index in [0.717, 1.165) is 17.8 Å². The van der Waals surface area contributed by atoms with Crippen LogP contribution in [-0.2, 0) is 24.7 Å². The third-order valence-corrected chi connectivity index (χ3v) is 2.73. The maximum absolute atomic E-state index is 11.4. The van der Waals surface area contributed by atoms with E-state index in [4.69, 9.17) is 17.3 Å². The average Bonchev–Trinajstić information content (AvgIpc) is 2.45. The minimum atomic E-state index is 0.102. The van der Waals surface area contributed by atoms with Crippen LogP contribution in [0, 0.1) is 0 Å². The zero-order valence-corrected chi connectivity index (χ0v) is 9.84. The molecule has 0 atom stereocenters. The summed E-state index contributed by atoms with van der Waals surface area (Å²) in [4.78, 5) is 11.4. The van der Waals surface area contributed by atoms with Gasteiger partial charge >= 0.3 is 0 Å². The van der Waals surface area contributed by atoms with Crippen molar-refractivity contribution < 1.29 is 4.79 Å². The molecule has 1 aromatic rings. The molecule has 0 bridgehead atoms. The first-order chi connectivity index (χ1) is 7.10. The monoisotopic (exact) mass is 229 g/mol. The third-order valence-electron chi connectivity index (χ3n) is 2.29. The van der Waals surface area contributed by atoms with Crippen LogP contribution >= 0.6 is 11.6 Å². The number of carbonyl (C=O) groups excluding carboxylic acids is 1. The van der Waals surface area contributed by atoms with Crippen LogP contribution in [0.25, 0.3) is 0 Å². The summed E-state index contributed by atoms with van der Waals surface area (Å²) >= 11 is 6.11. The number of halogens is 1. The Morgan fingerprint density at radius 2 is 2.27 bits per heavy atom. The summed E-state index contributed by atoms with van der Waals surface area (Å²) in [6.07, 6.45) is 1.49. The van der Waals surface area contributed by atoms with Crippen LogP contribution in [-0.4, -0.2) is 22.1 Å². The topological polar surface area (TPSA) is 60.9 Å². The normalized spacial score (nSPS) is 10.7. The molecule has 0 aromatic carbocycles. The van der Waals surface area contributed by atoms with Crippen LogP contribution in [0.1, 0.15) is 24.7 Å². The van der Waals surface area contributed by atoms with E-state index in [9.17, 15) is 4.79 Å². The fourth-order valence-electron chi connectivity index (χ4n) is 1.45. The molecule has 0 saturated heterocycles. The number of hydrogen-bond acceptors (Lipinski definition) is 3. The van der Waals surface area contributed by atoms with Crippen LogP contribution in [0.15, 0.2) is 0 Å². The average molecular weight is 230 g/mol. The molecule has 1 heterocycles. The minimum Gasteiger partial charge on any atom is -0.330 e. The van der Waals surface area contributed by atoms with Gasteiger partial charge in [0.05, 0.1) is 16.4 Å². The van der Waals surface area contributed by atoms with Gasteiger partial charge in [-0.3, -0.25) is 9.48 Å². The van der Waals surface area contributed by atoms with E-state index in [-0.39, 0.29) is 5.78 Å². The standard InChI is InChI=1S/C10H16ClN3O/c1-3-8-10(11)9(14(2)13-8)6-7(15)4-5-12/h3-6,12H2,1-2H3. The molecule has 4 nitrogen and oxygen atoms in total. The molecule has 1 aromatic heterocycles. The van der Waals surface area contributed by atoms with E-state index < -0.39 is 0 Å². The molecule has 0 aliphatic carbocycles. The highest BCUT2D eigenvalue weighted by molar-refractivity contribution is 6.32. The van der Waals surface area contributed by atoms with Gasteiger partial charge in [-0.25, -0.2) is 0 Å². The number of hydrogen-bond donors (Lipinski definition) is 1. The van der Waals surface area contributed by atoms with Crippen molar-refractivity contribution in [2.24, 2.45) is 12.8 Å². The van der Waals surface area contributed by atoms with Crippen molar-refractivity contribution in [3.8, 4) is 0 Å². The minimum absolute atomic E-state index is 0.102. The maximum Gasteiger partial charge on any atom is 0.140 e. The highest BCUT2D eigenvalue weighted by atomic mass is 35.5. The third kappa shape index (κ3) is 2.79. The number of ketones is 1. The zero-order valence-electron chi connectivity index (χ0n) is 9.09. The Morgan fingerprint density at radius 3 is 2.73 bits per heavy atom. The predicted octanol–water partition coefficient (Wildman–Crippen LogP) is 1.10. The highest BCUT2D eigenvalue weighted by Crippen LogP contribution is 2.21. The largest absolute Gasteiger partial charge is 0.330 e. The molecule has 5 heteroatoms. The lowest BCUT2D eigenvalue weighted by Crippen LogP contribution is -2.12. The van der Waals surface area contributed by atoms with Gasteiger partial charge in [0.2, 0.25) is 0 Å². The first-order valence-electron chi connectivity index (χ1n) is 5.02. The van der Waals surface area contributed by atoms with E-state index in [2.05, 4.69) is 5.10 Å². The Kier molecular flexibility index (Phi) is 4.29. The summed E-state index contributed by atoms with van der Waals surface area (Å²) in [5.74, 6) is 0.102. The van der Waals surface area contributed by atoms with Gasteiger partial charge in [0, 0.05) is 19.9 Å². The van der Waals surface area contributed by atoms with Gasteiger partial charge in [0.15, 0.2) is 0 Å². The molecular formula is C10H16ClN3O. The second-order valence-electron chi connectivity index (χ2n) is 3.44. The molecule has 15 heavy (non-hydrogen) atoms. The second kappa shape index (κ2) is 5.28. The van der Waals surface area contributed by atoms with Crippen molar-refractivity contribution in [2.45, 2.75) is 26.2 Å². The van der Waals surface area contributed by atoms with E-state index in [0.29, 0.717) is 24.4 Å². The second-order valence-corrected chi connectivity index (χ2v) is 3.82. The first kappa shape index (κ1) is 12.2. The van der Waals surface area contributed by atoms with Gasteiger partial charge in [-0.15, -0.1) is 0 Å². The summed E-state index contributed by atoms with van der Waals surface area (Å²) in [5.41, 5.74) is 6.94. The van der Waals surface area contributed by atoms with Crippen molar-refractivity contribution in [3.05, 3.63) is 16.4 Å². The van der Waals surface area contributed by atoms with Gasteiger partial charge in [0.1, 0.15) is 5.78 Å². The van der Waals surface area contributed by atoms with E-state index in [1.54, 1.807) is 11.7 Å². The smallest absolute Gasteiger partial charge is 0.140 e. The summed E-state index contributed by atoms with van der Waals surface area (Å²) < 4.78 is 1.68. The number of nitrogens with two attached hydrogens (primary N) is 1.